The Balaban J connectivity index is 2.01. The van der Waals surface area contributed by atoms with Crippen LogP contribution in [-0.4, -0.2) is 17.4 Å². The van der Waals surface area contributed by atoms with E-state index in [0.29, 0.717) is 12.5 Å². The van der Waals surface area contributed by atoms with E-state index in [1.54, 1.807) is 0 Å². The predicted octanol–water partition coefficient (Wildman–Crippen LogP) is 2.19. The van der Waals surface area contributed by atoms with E-state index in [9.17, 15) is 14.9 Å². The van der Waals surface area contributed by atoms with Crippen LogP contribution in [0.2, 0.25) is 0 Å². The zero-order valence-electron chi connectivity index (χ0n) is 11.8. The number of anilines is 1. The molecule has 21 heavy (non-hydrogen) atoms. The van der Waals surface area contributed by atoms with Crippen molar-refractivity contribution in [3.8, 4) is 0 Å². The Labute approximate surface area is 123 Å². The van der Waals surface area contributed by atoms with Crippen LogP contribution >= 0.6 is 0 Å². The fraction of sp³-hybridized carbons (Fsp3) is 0.500. The van der Waals surface area contributed by atoms with Gasteiger partial charge in [0.1, 0.15) is 5.69 Å². The van der Waals surface area contributed by atoms with Crippen LogP contribution in [0.15, 0.2) is 18.2 Å². The summed E-state index contributed by atoms with van der Waals surface area (Å²) in [5.41, 5.74) is 2.51. The molecule has 7 heteroatoms. The minimum atomic E-state index is -0.562. The number of nitro benzene ring substituents is 1. The number of benzene rings is 1. The number of nitrogens with two attached hydrogens (primary N) is 1. The molecular formula is C14H20N4O3. The van der Waals surface area contributed by atoms with Gasteiger partial charge in [-0.1, -0.05) is 19.3 Å². The van der Waals surface area contributed by atoms with Gasteiger partial charge in [0.15, 0.2) is 0 Å². The Morgan fingerprint density at radius 2 is 2.05 bits per heavy atom. The average Bonchev–Trinajstić information content (AvgIpc) is 2.52. The van der Waals surface area contributed by atoms with Gasteiger partial charge >= 0.3 is 0 Å². The largest absolute Gasteiger partial charge is 0.352 e. The number of hydrazine groups is 1. The molecule has 1 amide bonds. The van der Waals surface area contributed by atoms with Gasteiger partial charge in [-0.3, -0.25) is 20.8 Å². The Bertz CT molecular complexity index is 527. The Morgan fingerprint density at radius 3 is 2.67 bits per heavy atom. The lowest BCUT2D eigenvalue weighted by molar-refractivity contribution is -0.384. The fourth-order valence-corrected chi connectivity index (χ4v) is 2.68. The minimum absolute atomic E-state index is 0.184. The smallest absolute Gasteiger partial charge is 0.294 e. The quantitative estimate of drug-likeness (QED) is 0.437. The minimum Gasteiger partial charge on any atom is -0.352 e. The number of nitrogens with zero attached hydrogens (tertiary/aromatic N) is 1. The van der Waals surface area contributed by atoms with E-state index >= 15 is 0 Å². The molecule has 114 valence electrons. The van der Waals surface area contributed by atoms with Gasteiger partial charge in [0, 0.05) is 18.2 Å². The number of amides is 1. The van der Waals surface area contributed by atoms with E-state index in [2.05, 4.69) is 10.7 Å². The van der Waals surface area contributed by atoms with Crippen LogP contribution in [-0.2, 0) is 0 Å². The maximum absolute atomic E-state index is 12.1. The number of nitrogen functional groups attached to an aromatic ring is 1. The van der Waals surface area contributed by atoms with Crippen LogP contribution in [0.25, 0.3) is 0 Å². The van der Waals surface area contributed by atoms with Gasteiger partial charge in [-0.25, -0.2) is 0 Å². The molecule has 0 unspecified atom stereocenters. The first kappa shape index (κ1) is 15.2. The summed E-state index contributed by atoms with van der Waals surface area (Å²) in [5, 5.41) is 13.8. The molecule has 1 fully saturated rings. The van der Waals surface area contributed by atoms with Gasteiger partial charge in [0.2, 0.25) is 0 Å². The van der Waals surface area contributed by atoms with Gasteiger partial charge < -0.3 is 10.7 Å². The van der Waals surface area contributed by atoms with Gasteiger partial charge in [0.25, 0.3) is 11.6 Å². The zero-order valence-corrected chi connectivity index (χ0v) is 11.8. The second-order valence-corrected chi connectivity index (χ2v) is 5.35. The first-order chi connectivity index (χ1) is 10.1. The van der Waals surface area contributed by atoms with Gasteiger partial charge in [0.05, 0.1) is 4.92 Å². The van der Waals surface area contributed by atoms with E-state index in [0.717, 1.165) is 12.8 Å². The number of carbonyl (C=O) groups excluding carboxylic acids is 1. The third kappa shape index (κ3) is 3.91. The van der Waals surface area contributed by atoms with Gasteiger partial charge in [-0.15, -0.1) is 0 Å². The lowest BCUT2D eigenvalue weighted by atomic mass is 9.89. The molecule has 0 bridgehead atoms. The van der Waals surface area contributed by atoms with Crippen LogP contribution < -0.4 is 16.6 Å². The summed E-state index contributed by atoms with van der Waals surface area (Å²) in [7, 11) is 0. The molecule has 1 aromatic rings. The molecular weight excluding hydrogens is 272 g/mol. The summed E-state index contributed by atoms with van der Waals surface area (Å²) in [4.78, 5) is 22.5. The topological polar surface area (TPSA) is 110 Å². The number of rotatable bonds is 5. The average molecular weight is 292 g/mol. The highest BCUT2D eigenvalue weighted by Gasteiger charge is 2.18. The molecule has 0 heterocycles. The molecule has 0 spiro atoms. The fourth-order valence-electron chi connectivity index (χ4n) is 2.68. The molecule has 1 saturated carbocycles. The number of nitro groups is 1. The predicted molar refractivity (Wildman–Crippen MR) is 79.8 cm³/mol. The second-order valence-electron chi connectivity index (χ2n) is 5.35. The van der Waals surface area contributed by atoms with Crippen molar-refractivity contribution in [1.29, 1.82) is 0 Å². The van der Waals surface area contributed by atoms with Crippen molar-refractivity contribution in [2.75, 3.05) is 12.0 Å². The van der Waals surface area contributed by atoms with E-state index in [1.165, 1.54) is 37.5 Å². The normalized spacial score (nSPS) is 15.5. The molecule has 1 aliphatic carbocycles. The maximum Gasteiger partial charge on any atom is 0.294 e. The molecule has 4 N–H and O–H groups in total. The molecule has 7 nitrogen and oxygen atoms in total. The van der Waals surface area contributed by atoms with Crippen molar-refractivity contribution in [3.63, 3.8) is 0 Å². The lowest BCUT2D eigenvalue weighted by Crippen LogP contribution is -2.30. The third-order valence-corrected chi connectivity index (χ3v) is 3.89. The summed E-state index contributed by atoms with van der Waals surface area (Å²) in [6.45, 7) is 0.628. The number of carbonyl (C=O) groups is 1. The summed E-state index contributed by atoms with van der Waals surface area (Å²) < 4.78 is 0. The van der Waals surface area contributed by atoms with Crippen LogP contribution in [0, 0.1) is 16.0 Å². The maximum atomic E-state index is 12.1. The highest BCUT2D eigenvalue weighted by Crippen LogP contribution is 2.25. The SMILES string of the molecule is NNc1ccc(C(=O)NCC2CCCCC2)cc1[N+](=O)[O-]. The van der Waals surface area contributed by atoms with E-state index in [4.69, 9.17) is 5.84 Å². The standard InChI is InChI=1S/C14H20N4O3/c15-17-12-7-6-11(8-13(12)18(20)21)14(19)16-9-10-4-2-1-3-5-10/h6-8,10,17H,1-5,9,15H2,(H,16,19). The van der Waals surface area contributed by atoms with Crippen LogP contribution in [0.1, 0.15) is 42.5 Å². The van der Waals surface area contributed by atoms with Crippen molar-refractivity contribution in [3.05, 3.63) is 33.9 Å². The Hall–Kier alpha value is -2.15. The molecule has 0 atom stereocenters. The van der Waals surface area contributed by atoms with E-state index in [-0.39, 0.29) is 22.8 Å². The monoisotopic (exact) mass is 292 g/mol. The molecule has 1 aromatic carbocycles. The van der Waals surface area contributed by atoms with E-state index in [1.807, 2.05) is 0 Å². The highest BCUT2D eigenvalue weighted by molar-refractivity contribution is 5.95. The van der Waals surface area contributed by atoms with Crippen molar-refractivity contribution in [1.82, 2.24) is 5.32 Å². The lowest BCUT2D eigenvalue weighted by Gasteiger charge is -2.21. The van der Waals surface area contributed by atoms with E-state index < -0.39 is 4.92 Å². The molecule has 0 aromatic heterocycles. The summed E-state index contributed by atoms with van der Waals surface area (Å²) in [6.07, 6.45) is 5.96. The molecule has 0 aliphatic heterocycles. The van der Waals surface area contributed by atoms with Crippen LogP contribution in [0.3, 0.4) is 0 Å². The van der Waals surface area contributed by atoms with Crippen molar-refractivity contribution >= 4 is 17.3 Å². The molecule has 0 saturated heterocycles. The second kappa shape index (κ2) is 7.03. The Morgan fingerprint density at radius 1 is 1.33 bits per heavy atom. The first-order valence-corrected chi connectivity index (χ1v) is 7.15. The van der Waals surface area contributed by atoms with Crippen LogP contribution in [0.5, 0.6) is 0 Å². The van der Waals surface area contributed by atoms with Crippen molar-refractivity contribution < 1.29 is 9.72 Å². The molecule has 0 radical (unpaired) electrons. The number of hydrogen-bond acceptors (Lipinski definition) is 5. The molecule has 1 aliphatic rings. The first-order valence-electron chi connectivity index (χ1n) is 7.15. The summed E-state index contributed by atoms with van der Waals surface area (Å²) in [5.74, 6) is 5.45. The van der Waals surface area contributed by atoms with Gasteiger partial charge in [-0.2, -0.15) is 0 Å². The van der Waals surface area contributed by atoms with Crippen LogP contribution in [0.4, 0.5) is 11.4 Å². The van der Waals surface area contributed by atoms with Crippen molar-refractivity contribution in [2.24, 2.45) is 11.8 Å². The number of hydrogen-bond donors (Lipinski definition) is 3. The van der Waals surface area contributed by atoms with Gasteiger partial charge in [-0.05, 0) is 30.9 Å². The zero-order chi connectivity index (χ0) is 15.2. The Kier molecular flexibility index (Phi) is 5.10. The molecule has 2 rings (SSSR count). The highest BCUT2D eigenvalue weighted by atomic mass is 16.6. The summed E-state index contributed by atoms with van der Waals surface area (Å²) in [6, 6.07) is 4.21. The van der Waals surface area contributed by atoms with Crippen molar-refractivity contribution in [2.45, 2.75) is 32.1 Å². The number of nitrogens with one attached hydrogen (secondary N) is 2. The third-order valence-electron chi connectivity index (χ3n) is 3.89. The summed E-state index contributed by atoms with van der Waals surface area (Å²) >= 11 is 0.